The number of rotatable bonds is 5. The maximum atomic E-state index is 10.7. The molecular formula is C16H18N2O3S. The minimum Gasteiger partial charge on any atom is -0.395 e. The zero-order chi connectivity index (χ0) is 15.5. The average Bonchev–Trinajstić information content (AvgIpc) is 3.17. The third-order valence-corrected chi connectivity index (χ3v) is 5.21. The number of hydrogen-bond acceptors (Lipinski definition) is 5. The number of non-ortho nitro benzene ring substituents is 1. The molecule has 116 valence electrons. The van der Waals surface area contributed by atoms with Crippen molar-refractivity contribution in [2.75, 3.05) is 13.2 Å². The summed E-state index contributed by atoms with van der Waals surface area (Å²) in [5.74, 6) is 0. The summed E-state index contributed by atoms with van der Waals surface area (Å²) in [6, 6.07) is 11.1. The van der Waals surface area contributed by atoms with Crippen molar-refractivity contribution >= 4 is 17.0 Å². The molecule has 2 aromatic rings. The van der Waals surface area contributed by atoms with Gasteiger partial charge in [-0.3, -0.25) is 15.0 Å². The number of nitro groups is 1. The Labute approximate surface area is 133 Å². The first-order valence-corrected chi connectivity index (χ1v) is 8.17. The molecule has 0 saturated carbocycles. The van der Waals surface area contributed by atoms with Crippen molar-refractivity contribution in [2.24, 2.45) is 0 Å². The van der Waals surface area contributed by atoms with Gasteiger partial charge in [0.2, 0.25) is 0 Å². The van der Waals surface area contributed by atoms with Crippen LogP contribution in [0.4, 0.5) is 5.69 Å². The van der Waals surface area contributed by atoms with E-state index in [4.69, 9.17) is 0 Å². The Morgan fingerprint density at radius 2 is 2.05 bits per heavy atom. The van der Waals surface area contributed by atoms with Crippen LogP contribution >= 0.6 is 11.3 Å². The molecule has 3 rings (SSSR count). The highest BCUT2D eigenvalue weighted by Crippen LogP contribution is 2.31. The molecule has 0 amide bonds. The van der Waals surface area contributed by atoms with Gasteiger partial charge in [0.25, 0.3) is 5.69 Å². The summed E-state index contributed by atoms with van der Waals surface area (Å²) in [5, 5.41) is 20.1. The van der Waals surface area contributed by atoms with Gasteiger partial charge in [0.05, 0.1) is 11.5 Å². The Balaban J connectivity index is 1.72. The van der Waals surface area contributed by atoms with E-state index in [1.165, 1.54) is 17.0 Å². The standard InChI is InChI=1S/C16H18N2O3S/c19-11-14-2-1-9-17(14)10-15-7-8-16(22-15)12-3-5-13(6-4-12)18(20)21/h3-8,14,19H,1-2,9-11H2/t14-/m1/s1. The average molecular weight is 318 g/mol. The molecule has 1 aromatic heterocycles. The second-order valence-corrected chi connectivity index (χ2v) is 6.69. The van der Waals surface area contributed by atoms with E-state index >= 15 is 0 Å². The van der Waals surface area contributed by atoms with Crippen molar-refractivity contribution in [3.05, 3.63) is 51.4 Å². The predicted molar refractivity (Wildman–Crippen MR) is 86.9 cm³/mol. The van der Waals surface area contributed by atoms with Crippen molar-refractivity contribution in [3.8, 4) is 10.4 Å². The monoisotopic (exact) mass is 318 g/mol. The molecule has 0 unspecified atom stereocenters. The van der Waals surface area contributed by atoms with Crippen molar-refractivity contribution in [1.29, 1.82) is 0 Å². The molecule has 1 aliphatic rings. The van der Waals surface area contributed by atoms with Crippen LogP contribution < -0.4 is 0 Å². The zero-order valence-electron chi connectivity index (χ0n) is 12.1. The fraction of sp³-hybridized carbons (Fsp3) is 0.375. The molecule has 1 aliphatic heterocycles. The van der Waals surface area contributed by atoms with Crippen LogP contribution in [-0.4, -0.2) is 34.1 Å². The number of likely N-dealkylation sites (tertiary alicyclic amines) is 1. The highest BCUT2D eigenvalue weighted by Gasteiger charge is 2.24. The summed E-state index contributed by atoms with van der Waals surface area (Å²) in [5.41, 5.74) is 1.12. The van der Waals surface area contributed by atoms with E-state index < -0.39 is 0 Å². The highest BCUT2D eigenvalue weighted by atomic mass is 32.1. The lowest BCUT2D eigenvalue weighted by Gasteiger charge is -2.21. The summed E-state index contributed by atoms with van der Waals surface area (Å²) in [6.07, 6.45) is 2.21. The summed E-state index contributed by atoms with van der Waals surface area (Å²) >= 11 is 1.71. The largest absolute Gasteiger partial charge is 0.395 e. The highest BCUT2D eigenvalue weighted by molar-refractivity contribution is 7.15. The molecule has 1 N–H and O–H groups in total. The number of aliphatic hydroxyl groups is 1. The number of nitrogens with zero attached hydrogens (tertiary/aromatic N) is 2. The van der Waals surface area contributed by atoms with Gasteiger partial charge in [0, 0.05) is 34.5 Å². The molecule has 1 atom stereocenters. The van der Waals surface area contributed by atoms with Gasteiger partial charge in [-0.1, -0.05) is 0 Å². The zero-order valence-corrected chi connectivity index (χ0v) is 13.0. The lowest BCUT2D eigenvalue weighted by atomic mass is 10.2. The molecule has 2 heterocycles. The topological polar surface area (TPSA) is 66.6 Å². The van der Waals surface area contributed by atoms with Crippen LogP contribution in [-0.2, 0) is 6.54 Å². The predicted octanol–water partition coefficient (Wildman–Crippen LogP) is 3.28. The van der Waals surface area contributed by atoms with Gasteiger partial charge in [0.15, 0.2) is 0 Å². The first-order chi connectivity index (χ1) is 10.7. The quantitative estimate of drug-likeness (QED) is 0.678. The SMILES string of the molecule is O=[N+]([O-])c1ccc(-c2ccc(CN3CCC[C@@H]3CO)s2)cc1. The third kappa shape index (κ3) is 3.19. The fourth-order valence-electron chi connectivity index (χ4n) is 2.88. The van der Waals surface area contributed by atoms with Crippen molar-refractivity contribution in [1.82, 2.24) is 4.90 Å². The van der Waals surface area contributed by atoms with Gasteiger partial charge in [-0.05, 0) is 49.2 Å². The van der Waals surface area contributed by atoms with Crippen LogP contribution in [0.5, 0.6) is 0 Å². The Morgan fingerprint density at radius 1 is 1.27 bits per heavy atom. The van der Waals surface area contributed by atoms with Crippen LogP contribution in [0.3, 0.4) is 0 Å². The minimum absolute atomic E-state index is 0.114. The first-order valence-electron chi connectivity index (χ1n) is 7.36. The van der Waals surface area contributed by atoms with Crippen molar-refractivity contribution < 1.29 is 10.0 Å². The summed E-state index contributed by atoms with van der Waals surface area (Å²) in [4.78, 5) is 15.0. The van der Waals surface area contributed by atoms with Crippen molar-refractivity contribution in [3.63, 3.8) is 0 Å². The molecule has 22 heavy (non-hydrogen) atoms. The van der Waals surface area contributed by atoms with Crippen LogP contribution in [0.1, 0.15) is 17.7 Å². The summed E-state index contributed by atoms with van der Waals surface area (Å²) < 4.78 is 0. The van der Waals surface area contributed by atoms with E-state index in [9.17, 15) is 15.2 Å². The number of hydrogen-bond donors (Lipinski definition) is 1. The van der Waals surface area contributed by atoms with E-state index in [0.717, 1.165) is 36.4 Å². The van der Waals surface area contributed by atoms with Gasteiger partial charge in [-0.25, -0.2) is 0 Å². The van der Waals surface area contributed by atoms with Gasteiger partial charge >= 0.3 is 0 Å². The lowest BCUT2D eigenvalue weighted by Crippen LogP contribution is -2.31. The van der Waals surface area contributed by atoms with Crippen LogP contribution in [0.2, 0.25) is 0 Å². The van der Waals surface area contributed by atoms with Crippen molar-refractivity contribution in [2.45, 2.75) is 25.4 Å². The molecule has 0 radical (unpaired) electrons. The minimum atomic E-state index is -0.383. The molecule has 1 fully saturated rings. The molecule has 5 nitrogen and oxygen atoms in total. The summed E-state index contributed by atoms with van der Waals surface area (Å²) in [6.45, 7) is 2.12. The summed E-state index contributed by atoms with van der Waals surface area (Å²) in [7, 11) is 0. The maximum Gasteiger partial charge on any atom is 0.269 e. The molecule has 0 spiro atoms. The Kier molecular flexibility index (Phi) is 4.52. The Hall–Kier alpha value is -1.76. The molecule has 0 bridgehead atoms. The van der Waals surface area contributed by atoms with Gasteiger partial charge in [-0.15, -0.1) is 11.3 Å². The second-order valence-electron chi connectivity index (χ2n) is 5.52. The smallest absolute Gasteiger partial charge is 0.269 e. The Bertz CT molecular complexity index is 654. The van der Waals surface area contributed by atoms with E-state index in [1.54, 1.807) is 23.5 Å². The van der Waals surface area contributed by atoms with Crippen LogP contribution in [0, 0.1) is 10.1 Å². The van der Waals surface area contributed by atoms with E-state index in [-0.39, 0.29) is 23.3 Å². The molecule has 0 aliphatic carbocycles. The second kappa shape index (κ2) is 6.56. The number of thiophene rings is 1. The third-order valence-electron chi connectivity index (χ3n) is 4.09. The normalized spacial score (nSPS) is 18.7. The number of nitro benzene ring substituents is 1. The molecule has 6 heteroatoms. The lowest BCUT2D eigenvalue weighted by molar-refractivity contribution is -0.384. The molecule has 1 aromatic carbocycles. The van der Waals surface area contributed by atoms with E-state index in [1.807, 2.05) is 0 Å². The van der Waals surface area contributed by atoms with Crippen LogP contribution in [0.15, 0.2) is 36.4 Å². The maximum absolute atomic E-state index is 10.7. The number of benzene rings is 1. The van der Waals surface area contributed by atoms with E-state index in [2.05, 4.69) is 17.0 Å². The fourth-order valence-corrected chi connectivity index (χ4v) is 3.91. The first kappa shape index (κ1) is 15.1. The van der Waals surface area contributed by atoms with Crippen LogP contribution in [0.25, 0.3) is 10.4 Å². The van der Waals surface area contributed by atoms with E-state index in [0.29, 0.717) is 0 Å². The van der Waals surface area contributed by atoms with Gasteiger partial charge < -0.3 is 5.11 Å². The van der Waals surface area contributed by atoms with Gasteiger partial charge in [0.1, 0.15) is 0 Å². The Morgan fingerprint density at radius 3 is 2.73 bits per heavy atom. The molecule has 1 saturated heterocycles. The number of aliphatic hydroxyl groups excluding tert-OH is 1. The van der Waals surface area contributed by atoms with Gasteiger partial charge in [-0.2, -0.15) is 0 Å². The molecular weight excluding hydrogens is 300 g/mol.